The quantitative estimate of drug-likeness (QED) is 0.491. The number of para-hydroxylation sites is 1. The number of carbonyl (C=O) groups excluding carboxylic acids is 2. The molecule has 0 radical (unpaired) electrons. The molecule has 0 spiro atoms. The van der Waals surface area contributed by atoms with Gasteiger partial charge < -0.3 is 10.8 Å². The second-order valence-electron chi connectivity index (χ2n) is 2.79. The van der Waals surface area contributed by atoms with Crippen LogP contribution in [0.1, 0.15) is 13.3 Å². The predicted octanol–water partition coefficient (Wildman–Crippen LogP) is -1.57. The molecule has 0 aliphatic heterocycles. The number of ketones is 1. The monoisotopic (exact) mass is 217 g/mol. The molecule has 5 heteroatoms. The maximum absolute atomic E-state index is 11.1. The molecule has 1 aromatic carbocycles. The van der Waals surface area contributed by atoms with Crippen molar-refractivity contribution in [2.75, 3.05) is 5.32 Å². The average Bonchev–Trinajstić information content (AvgIpc) is 2.04. The van der Waals surface area contributed by atoms with Gasteiger partial charge in [-0.3, -0.25) is 9.59 Å². The molecule has 0 aliphatic rings. The average molecular weight is 217 g/mol. The van der Waals surface area contributed by atoms with Gasteiger partial charge in [0.05, 0.1) is 6.42 Å². The Labute approximate surface area is 111 Å². The second-order valence-corrected chi connectivity index (χ2v) is 2.79. The third-order valence-electron chi connectivity index (χ3n) is 1.47. The van der Waals surface area contributed by atoms with Crippen LogP contribution in [-0.2, 0) is 9.59 Å². The summed E-state index contributed by atoms with van der Waals surface area (Å²) >= 11 is 0. The summed E-state index contributed by atoms with van der Waals surface area (Å²) in [5, 5.41) is 2.61. The number of hydrogen-bond donors (Lipinski definition) is 1. The Hall–Kier alpha value is -0.680. The largest absolute Gasteiger partial charge is 1.00 e. The molecule has 2 N–H and O–H groups in total. The minimum atomic E-state index is -0.265. The molecule has 0 aliphatic carbocycles. The molecule has 76 valence electrons. The van der Waals surface area contributed by atoms with E-state index in [1.165, 1.54) is 6.92 Å². The zero-order valence-electron chi connectivity index (χ0n) is 8.86. The number of hydrogen-bond acceptors (Lipinski definition) is 3. The van der Waals surface area contributed by atoms with Gasteiger partial charge in [-0.1, -0.05) is 18.2 Å². The van der Waals surface area contributed by atoms with Crippen molar-refractivity contribution in [2.24, 2.45) is 0 Å². The summed E-state index contributed by atoms with van der Waals surface area (Å²) < 4.78 is 0. The summed E-state index contributed by atoms with van der Waals surface area (Å²) in [6, 6.07) is 9.06. The minimum absolute atomic E-state index is 0. The van der Waals surface area contributed by atoms with Gasteiger partial charge in [0.25, 0.3) is 0 Å². The van der Waals surface area contributed by atoms with Crippen LogP contribution in [0.3, 0.4) is 0 Å². The van der Waals surface area contributed by atoms with Crippen LogP contribution in [0.2, 0.25) is 0 Å². The van der Waals surface area contributed by atoms with Crippen LogP contribution in [0.15, 0.2) is 30.3 Å². The molecule has 1 aromatic rings. The third kappa shape index (κ3) is 7.27. The number of benzene rings is 1. The smallest absolute Gasteiger partial charge is 0.870 e. The molecule has 15 heavy (non-hydrogen) atoms. The first kappa shape index (κ1) is 16.7. The van der Waals surface area contributed by atoms with E-state index in [1.54, 1.807) is 12.1 Å². The predicted molar refractivity (Wildman–Crippen MR) is 52.3 cm³/mol. The van der Waals surface area contributed by atoms with Crippen molar-refractivity contribution in [2.45, 2.75) is 13.3 Å². The molecule has 1 rings (SSSR count). The van der Waals surface area contributed by atoms with E-state index < -0.39 is 0 Å². The van der Waals surface area contributed by atoms with Gasteiger partial charge in [-0.15, -0.1) is 0 Å². The van der Waals surface area contributed by atoms with Gasteiger partial charge >= 0.3 is 29.6 Å². The van der Waals surface area contributed by atoms with Crippen LogP contribution in [-0.4, -0.2) is 17.2 Å². The molecule has 1 amide bonds. The van der Waals surface area contributed by atoms with Gasteiger partial charge in [-0.25, -0.2) is 0 Å². The Bertz CT molecular complexity index is 314. The molecule has 4 nitrogen and oxygen atoms in total. The fraction of sp³-hybridized carbons (Fsp3) is 0.200. The van der Waals surface area contributed by atoms with Crippen molar-refractivity contribution in [3.05, 3.63) is 30.3 Å². The van der Waals surface area contributed by atoms with Crippen molar-refractivity contribution in [1.29, 1.82) is 0 Å². The van der Waals surface area contributed by atoms with Gasteiger partial charge in [-0.05, 0) is 19.1 Å². The first-order valence-electron chi connectivity index (χ1n) is 4.03. The SMILES string of the molecule is CC(=O)CC(=O)Nc1ccccc1.[Na+].[OH-]. The maximum atomic E-state index is 11.1. The van der Waals surface area contributed by atoms with E-state index in [-0.39, 0.29) is 53.1 Å². The van der Waals surface area contributed by atoms with Gasteiger partial charge in [0, 0.05) is 5.69 Å². The van der Waals surface area contributed by atoms with Crippen LogP contribution < -0.4 is 34.9 Å². The Kier molecular flexibility index (Phi) is 9.61. The number of carbonyl (C=O) groups is 2. The minimum Gasteiger partial charge on any atom is -0.870 e. The van der Waals surface area contributed by atoms with Gasteiger partial charge in [-0.2, -0.15) is 0 Å². The van der Waals surface area contributed by atoms with Crippen molar-refractivity contribution in [1.82, 2.24) is 0 Å². The molecule has 0 saturated heterocycles. The summed E-state index contributed by atoms with van der Waals surface area (Å²) in [6.07, 6.45) is -0.0606. The summed E-state index contributed by atoms with van der Waals surface area (Å²) in [6.45, 7) is 1.39. The number of nitrogens with one attached hydrogen (secondary N) is 1. The topological polar surface area (TPSA) is 76.2 Å². The van der Waals surface area contributed by atoms with E-state index >= 15 is 0 Å². The van der Waals surface area contributed by atoms with Crippen LogP contribution in [0.5, 0.6) is 0 Å². The fourth-order valence-corrected chi connectivity index (χ4v) is 0.953. The van der Waals surface area contributed by atoms with E-state index in [2.05, 4.69) is 5.32 Å². The Morgan fingerprint density at radius 3 is 2.20 bits per heavy atom. The van der Waals surface area contributed by atoms with Crippen molar-refractivity contribution in [3.63, 3.8) is 0 Å². The van der Waals surface area contributed by atoms with Crippen molar-refractivity contribution >= 4 is 17.4 Å². The van der Waals surface area contributed by atoms with Crippen molar-refractivity contribution in [3.8, 4) is 0 Å². The normalized spacial score (nSPS) is 8.07. The molecule has 0 atom stereocenters. The number of rotatable bonds is 3. The molecule has 0 heterocycles. The number of Topliss-reactive ketones (excluding diaryl/α,β-unsaturated/α-hetero) is 1. The number of anilines is 1. The first-order valence-corrected chi connectivity index (χ1v) is 4.03. The molecular weight excluding hydrogens is 205 g/mol. The van der Waals surface area contributed by atoms with E-state index in [0.29, 0.717) is 5.69 Å². The third-order valence-corrected chi connectivity index (χ3v) is 1.47. The van der Waals surface area contributed by atoms with E-state index in [4.69, 9.17) is 0 Å². The standard InChI is InChI=1S/C10H11NO2.Na.H2O/c1-8(12)7-10(13)11-9-5-3-2-4-6-9;;/h2-6H,7H2,1H3,(H,11,13);;1H2/q;+1;/p-1. The molecular formula is C10H12NNaO3. The van der Waals surface area contributed by atoms with Crippen LogP contribution in [0, 0.1) is 0 Å². The zero-order chi connectivity index (χ0) is 9.68. The van der Waals surface area contributed by atoms with Gasteiger partial charge in [0.15, 0.2) is 0 Å². The van der Waals surface area contributed by atoms with E-state index in [0.717, 1.165) is 0 Å². The van der Waals surface area contributed by atoms with E-state index in [9.17, 15) is 9.59 Å². The molecule has 0 unspecified atom stereocenters. The van der Waals surface area contributed by atoms with Crippen molar-refractivity contribution < 1.29 is 44.6 Å². The summed E-state index contributed by atoms with van der Waals surface area (Å²) in [5.41, 5.74) is 0.716. The number of amides is 1. The van der Waals surface area contributed by atoms with Gasteiger partial charge in [0.1, 0.15) is 5.78 Å². The summed E-state index contributed by atoms with van der Waals surface area (Å²) in [5.74, 6) is -0.396. The first-order chi connectivity index (χ1) is 6.18. The van der Waals surface area contributed by atoms with Crippen LogP contribution >= 0.6 is 0 Å². The van der Waals surface area contributed by atoms with Gasteiger partial charge in [0.2, 0.25) is 5.91 Å². The second kappa shape index (κ2) is 8.61. The fourth-order valence-electron chi connectivity index (χ4n) is 0.953. The molecule has 0 fully saturated rings. The molecule has 0 saturated carbocycles. The molecule has 0 aromatic heterocycles. The Morgan fingerprint density at radius 2 is 1.73 bits per heavy atom. The summed E-state index contributed by atoms with van der Waals surface area (Å²) in [7, 11) is 0. The Balaban J connectivity index is 0. The summed E-state index contributed by atoms with van der Waals surface area (Å²) in [4.78, 5) is 21.7. The maximum Gasteiger partial charge on any atom is 1.00 e. The Morgan fingerprint density at radius 1 is 1.20 bits per heavy atom. The molecule has 0 bridgehead atoms. The van der Waals surface area contributed by atoms with E-state index in [1.807, 2.05) is 18.2 Å². The zero-order valence-corrected chi connectivity index (χ0v) is 10.9. The van der Waals surface area contributed by atoms with Crippen LogP contribution in [0.25, 0.3) is 0 Å². The van der Waals surface area contributed by atoms with Crippen LogP contribution in [0.4, 0.5) is 5.69 Å².